The Morgan fingerprint density at radius 1 is 1.22 bits per heavy atom. The average Bonchev–Trinajstić information content (AvgIpc) is 3.25. The van der Waals surface area contributed by atoms with E-state index in [-0.39, 0.29) is 11.6 Å². The van der Waals surface area contributed by atoms with Gasteiger partial charge in [-0.05, 0) is 62.6 Å². The number of nitrogens with one attached hydrogen (secondary N) is 1. The molecule has 4 aromatic rings. The summed E-state index contributed by atoms with van der Waals surface area (Å²) >= 11 is -2.07. The quantitative estimate of drug-likeness (QED) is 0.411. The highest BCUT2D eigenvalue weighted by atomic mass is 32.2. The molecule has 0 spiro atoms. The maximum atomic E-state index is 13.3. The third-order valence-corrected chi connectivity index (χ3v) is 5.63. The third-order valence-electron chi connectivity index (χ3n) is 5.18. The maximum absolute atomic E-state index is 13.3. The standard InChI is InChI=1S/C21H23N7O3S/c1-13(2)27-12-23-26-20(27)17-5-4-6-19(25-17)28-11-22-18-9-14(3)15(7-8-24-32(30)31)10-16(18)21(28)29/h4-6,9-13,24H,7-8H2,1-3H3,(H,30,31). The van der Waals surface area contributed by atoms with E-state index < -0.39 is 11.3 Å². The van der Waals surface area contributed by atoms with Gasteiger partial charge >= 0.3 is 0 Å². The van der Waals surface area contributed by atoms with Gasteiger partial charge in [-0.1, -0.05) is 6.07 Å². The van der Waals surface area contributed by atoms with Crippen LogP contribution in [0.3, 0.4) is 0 Å². The third kappa shape index (κ3) is 4.35. The Balaban J connectivity index is 1.76. The Morgan fingerprint density at radius 3 is 2.78 bits per heavy atom. The molecule has 32 heavy (non-hydrogen) atoms. The SMILES string of the molecule is Cc1cc2ncn(-c3cccc(-c4nncn4C(C)C)n3)c(=O)c2cc1CCNS(=O)O. The van der Waals surface area contributed by atoms with Crippen molar-refractivity contribution in [3.05, 3.63) is 64.5 Å². The van der Waals surface area contributed by atoms with Crippen molar-refractivity contribution in [2.75, 3.05) is 6.54 Å². The van der Waals surface area contributed by atoms with Gasteiger partial charge in [0.25, 0.3) is 5.56 Å². The summed E-state index contributed by atoms with van der Waals surface area (Å²) in [5, 5.41) is 8.62. The summed E-state index contributed by atoms with van der Waals surface area (Å²) in [7, 11) is 0. The maximum Gasteiger partial charge on any atom is 0.266 e. The minimum atomic E-state index is -2.07. The molecule has 1 aromatic carbocycles. The van der Waals surface area contributed by atoms with Crippen LogP contribution in [-0.4, -0.2) is 44.6 Å². The fourth-order valence-electron chi connectivity index (χ4n) is 3.51. The molecule has 0 bridgehead atoms. The van der Waals surface area contributed by atoms with Crippen LogP contribution in [0.25, 0.3) is 28.2 Å². The predicted octanol–water partition coefficient (Wildman–Crippen LogP) is 2.20. The Labute approximate surface area is 186 Å². The topological polar surface area (TPSA) is 128 Å². The van der Waals surface area contributed by atoms with Crippen LogP contribution in [0.4, 0.5) is 0 Å². The van der Waals surface area contributed by atoms with E-state index in [0.717, 1.165) is 11.1 Å². The first-order valence-electron chi connectivity index (χ1n) is 10.1. The molecule has 0 amide bonds. The van der Waals surface area contributed by atoms with Crippen molar-refractivity contribution in [3.63, 3.8) is 0 Å². The number of rotatable bonds is 7. The van der Waals surface area contributed by atoms with Crippen LogP contribution < -0.4 is 10.3 Å². The second kappa shape index (κ2) is 9.07. The first-order chi connectivity index (χ1) is 15.3. The number of benzene rings is 1. The van der Waals surface area contributed by atoms with Crippen LogP contribution >= 0.6 is 0 Å². The molecule has 0 fully saturated rings. The number of fused-ring (bicyclic) bond motifs is 1. The molecule has 3 aromatic heterocycles. The highest BCUT2D eigenvalue weighted by Gasteiger charge is 2.14. The number of pyridine rings is 1. The van der Waals surface area contributed by atoms with Crippen LogP contribution in [0.2, 0.25) is 0 Å². The molecule has 11 heteroatoms. The molecular formula is C21H23N7O3S. The molecular weight excluding hydrogens is 430 g/mol. The van der Waals surface area contributed by atoms with Gasteiger partial charge in [0.05, 0.1) is 10.9 Å². The minimum absolute atomic E-state index is 0.162. The lowest BCUT2D eigenvalue weighted by atomic mass is 10.0. The summed E-state index contributed by atoms with van der Waals surface area (Å²) in [6.45, 7) is 6.29. The van der Waals surface area contributed by atoms with Crippen molar-refractivity contribution in [2.45, 2.75) is 33.2 Å². The molecule has 0 aliphatic rings. The van der Waals surface area contributed by atoms with E-state index in [4.69, 9.17) is 4.55 Å². The van der Waals surface area contributed by atoms with E-state index >= 15 is 0 Å². The van der Waals surface area contributed by atoms with Gasteiger partial charge in [0, 0.05) is 12.6 Å². The summed E-state index contributed by atoms with van der Waals surface area (Å²) in [6.07, 6.45) is 3.63. The summed E-state index contributed by atoms with van der Waals surface area (Å²) < 4.78 is 25.5. The number of aryl methyl sites for hydroxylation is 1. The van der Waals surface area contributed by atoms with Crippen molar-refractivity contribution >= 4 is 22.2 Å². The summed E-state index contributed by atoms with van der Waals surface area (Å²) in [5.74, 6) is 1.05. The van der Waals surface area contributed by atoms with Crippen molar-refractivity contribution in [3.8, 4) is 17.3 Å². The van der Waals surface area contributed by atoms with Gasteiger partial charge in [0.1, 0.15) is 24.2 Å². The van der Waals surface area contributed by atoms with Crippen molar-refractivity contribution in [2.24, 2.45) is 0 Å². The molecule has 3 heterocycles. The lowest BCUT2D eigenvalue weighted by Crippen LogP contribution is -2.21. The van der Waals surface area contributed by atoms with Crippen LogP contribution in [-0.2, 0) is 17.7 Å². The lowest BCUT2D eigenvalue weighted by Gasteiger charge is -2.12. The molecule has 0 saturated carbocycles. The molecule has 1 atom stereocenters. The molecule has 0 aliphatic heterocycles. The molecule has 10 nitrogen and oxygen atoms in total. The molecule has 2 N–H and O–H groups in total. The van der Waals surface area contributed by atoms with Gasteiger partial charge in [-0.2, -0.15) is 0 Å². The minimum Gasteiger partial charge on any atom is -0.310 e. The molecule has 166 valence electrons. The van der Waals surface area contributed by atoms with Gasteiger partial charge in [-0.3, -0.25) is 13.9 Å². The van der Waals surface area contributed by atoms with E-state index in [0.29, 0.717) is 41.2 Å². The van der Waals surface area contributed by atoms with E-state index in [1.807, 2.05) is 43.5 Å². The van der Waals surface area contributed by atoms with Crippen molar-refractivity contribution < 1.29 is 8.76 Å². The van der Waals surface area contributed by atoms with E-state index in [1.165, 1.54) is 10.9 Å². The van der Waals surface area contributed by atoms with Gasteiger partial charge in [0.15, 0.2) is 5.82 Å². The summed E-state index contributed by atoms with van der Waals surface area (Å²) in [6, 6.07) is 9.18. The fourth-order valence-corrected chi connectivity index (χ4v) is 3.79. The number of aromatic nitrogens is 6. The van der Waals surface area contributed by atoms with Crippen LogP contribution in [0, 0.1) is 6.92 Å². The normalized spacial score (nSPS) is 12.5. The zero-order valence-electron chi connectivity index (χ0n) is 17.9. The van der Waals surface area contributed by atoms with Crippen molar-refractivity contribution in [1.82, 2.24) is 34.0 Å². The van der Waals surface area contributed by atoms with E-state index in [2.05, 4.69) is 24.9 Å². The Morgan fingerprint density at radius 2 is 2.03 bits per heavy atom. The van der Waals surface area contributed by atoms with Gasteiger partial charge < -0.3 is 4.57 Å². The van der Waals surface area contributed by atoms with Crippen LogP contribution in [0.1, 0.15) is 31.0 Å². The number of nitrogens with zero attached hydrogens (tertiary/aromatic N) is 6. The zero-order valence-corrected chi connectivity index (χ0v) is 18.7. The molecule has 0 radical (unpaired) electrons. The Hall–Kier alpha value is -3.28. The second-order valence-corrected chi connectivity index (χ2v) is 8.43. The van der Waals surface area contributed by atoms with E-state index in [1.54, 1.807) is 18.5 Å². The monoisotopic (exact) mass is 453 g/mol. The molecule has 0 aliphatic carbocycles. The van der Waals surface area contributed by atoms with Crippen molar-refractivity contribution in [1.29, 1.82) is 0 Å². The number of hydrogen-bond donors (Lipinski definition) is 2. The van der Waals surface area contributed by atoms with Gasteiger partial charge in [-0.25, -0.2) is 18.9 Å². The van der Waals surface area contributed by atoms with Gasteiger partial charge in [0.2, 0.25) is 11.3 Å². The molecule has 4 rings (SSSR count). The molecule has 1 unspecified atom stereocenters. The first kappa shape index (κ1) is 21.9. The Bertz CT molecular complexity index is 1360. The average molecular weight is 454 g/mol. The predicted molar refractivity (Wildman–Crippen MR) is 122 cm³/mol. The Kier molecular flexibility index (Phi) is 6.21. The fraction of sp³-hybridized carbons (Fsp3) is 0.286. The largest absolute Gasteiger partial charge is 0.310 e. The lowest BCUT2D eigenvalue weighted by molar-refractivity contribution is 0.549. The zero-order chi connectivity index (χ0) is 22.8. The van der Waals surface area contributed by atoms with E-state index in [9.17, 15) is 9.00 Å². The summed E-state index contributed by atoms with van der Waals surface area (Å²) in [5.41, 5.74) is 2.81. The smallest absolute Gasteiger partial charge is 0.266 e. The highest BCUT2D eigenvalue weighted by Crippen LogP contribution is 2.20. The van der Waals surface area contributed by atoms with Gasteiger partial charge in [-0.15, -0.1) is 10.2 Å². The first-order valence-corrected chi connectivity index (χ1v) is 11.2. The number of hydrogen-bond acceptors (Lipinski definition) is 6. The highest BCUT2D eigenvalue weighted by molar-refractivity contribution is 7.77. The summed E-state index contributed by atoms with van der Waals surface area (Å²) in [4.78, 5) is 22.4. The molecule has 0 saturated heterocycles. The second-order valence-electron chi connectivity index (χ2n) is 7.65. The van der Waals surface area contributed by atoms with Crippen LogP contribution in [0.5, 0.6) is 0 Å². The van der Waals surface area contributed by atoms with Crippen LogP contribution in [0.15, 0.2) is 47.8 Å².